The van der Waals surface area contributed by atoms with Gasteiger partial charge in [-0.3, -0.25) is 9.59 Å². The van der Waals surface area contributed by atoms with Crippen LogP contribution in [0.15, 0.2) is 18.2 Å². The van der Waals surface area contributed by atoms with Crippen LogP contribution in [0.1, 0.15) is 41.6 Å². The zero-order valence-corrected chi connectivity index (χ0v) is 11.4. The Morgan fingerprint density at radius 2 is 2.15 bits per heavy atom. The van der Waals surface area contributed by atoms with E-state index in [2.05, 4.69) is 0 Å². The Hall–Kier alpha value is -1.91. The molecule has 1 amide bonds. The highest BCUT2D eigenvalue weighted by molar-refractivity contribution is 5.95. The van der Waals surface area contributed by atoms with Gasteiger partial charge in [0.25, 0.3) is 5.91 Å². The number of hydrogen-bond donors (Lipinski definition) is 1. The van der Waals surface area contributed by atoms with Crippen LogP contribution in [-0.2, 0) is 4.79 Å². The van der Waals surface area contributed by atoms with Crippen molar-refractivity contribution in [3.05, 3.63) is 35.1 Å². The first-order valence-corrected chi connectivity index (χ1v) is 6.78. The van der Waals surface area contributed by atoms with Crippen molar-refractivity contribution >= 4 is 11.9 Å². The number of carbonyl (C=O) groups excluding carboxylic acids is 1. The molecule has 0 bridgehead atoms. The van der Waals surface area contributed by atoms with Gasteiger partial charge in [-0.1, -0.05) is 11.6 Å². The summed E-state index contributed by atoms with van der Waals surface area (Å²) in [6.07, 6.45) is 2.30. The molecule has 5 heteroatoms. The van der Waals surface area contributed by atoms with Crippen LogP contribution in [0.25, 0.3) is 0 Å². The second kappa shape index (κ2) is 6.03. The zero-order valence-electron chi connectivity index (χ0n) is 11.4. The molecule has 2 rings (SSSR count). The summed E-state index contributed by atoms with van der Waals surface area (Å²) >= 11 is 0. The Bertz CT molecular complexity index is 530. The molecule has 4 nitrogen and oxygen atoms in total. The minimum absolute atomic E-state index is 0.0299. The van der Waals surface area contributed by atoms with Crippen LogP contribution in [0.5, 0.6) is 0 Å². The number of carbonyl (C=O) groups is 2. The number of amides is 1. The molecular weight excluding hydrogens is 261 g/mol. The largest absolute Gasteiger partial charge is 0.481 e. The van der Waals surface area contributed by atoms with E-state index in [0.717, 1.165) is 18.4 Å². The summed E-state index contributed by atoms with van der Waals surface area (Å²) in [5.41, 5.74) is 0.837. The number of halogens is 1. The van der Waals surface area contributed by atoms with Crippen molar-refractivity contribution < 1.29 is 19.1 Å². The van der Waals surface area contributed by atoms with E-state index in [0.29, 0.717) is 13.0 Å². The topological polar surface area (TPSA) is 57.6 Å². The molecule has 0 aliphatic carbocycles. The van der Waals surface area contributed by atoms with E-state index in [1.165, 1.54) is 17.0 Å². The van der Waals surface area contributed by atoms with E-state index in [4.69, 9.17) is 5.11 Å². The monoisotopic (exact) mass is 279 g/mol. The maximum Gasteiger partial charge on any atom is 0.305 e. The van der Waals surface area contributed by atoms with Crippen LogP contribution in [0.4, 0.5) is 4.39 Å². The van der Waals surface area contributed by atoms with E-state index >= 15 is 0 Å². The Labute approximate surface area is 117 Å². The van der Waals surface area contributed by atoms with Crippen LogP contribution in [0.2, 0.25) is 0 Å². The third kappa shape index (κ3) is 3.15. The molecule has 1 N–H and O–H groups in total. The first-order valence-electron chi connectivity index (χ1n) is 6.78. The Balaban J connectivity index is 2.25. The van der Waals surface area contributed by atoms with Gasteiger partial charge >= 0.3 is 5.97 Å². The van der Waals surface area contributed by atoms with Crippen LogP contribution >= 0.6 is 0 Å². The Morgan fingerprint density at radius 1 is 1.40 bits per heavy atom. The van der Waals surface area contributed by atoms with Crippen LogP contribution in [0.3, 0.4) is 0 Å². The summed E-state index contributed by atoms with van der Waals surface area (Å²) in [7, 11) is 0. The highest BCUT2D eigenvalue weighted by atomic mass is 19.1. The Kier molecular flexibility index (Phi) is 4.37. The molecule has 1 aromatic carbocycles. The maximum atomic E-state index is 13.8. The third-order valence-electron chi connectivity index (χ3n) is 3.65. The van der Waals surface area contributed by atoms with Gasteiger partial charge in [-0.15, -0.1) is 0 Å². The van der Waals surface area contributed by atoms with Crippen LogP contribution in [-0.4, -0.2) is 34.5 Å². The molecule has 1 aromatic rings. The smallest absolute Gasteiger partial charge is 0.305 e. The second-order valence-corrected chi connectivity index (χ2v) is 5.23. The number of aryl methyl sites for hydroxylation is 1. The van der Waals surface area contributed by atoms with Crippen molar-refractivity contribution in [3.8, 4) is 0 Å². The minimum Gasteiger partial charge on any atom is -0.481 e. The third-order valence-corrected chi connectivity index (χ3v) is 3.65. The molecule has 1 saturated heterocycles. The molecular formula is C15H18FNO3. The SMILES string of the molecule is Cc1ccc(F)c(C(=O)N2CCCCC2CC(=O)O)c1. The van der Waals surface area contributed by atoms with Gasteiger partial charge < -0.3 is 10.0 Å². The van der Waals surface area contributed by atoms with Gasteiger partial charge in [-0.25, -0.2) is 4.39 Å². The van der Waals surface area contributed by atoms with Crippen molar-refractivity contribution in [2.75, 3.05) is 6.54 Å². The van der Waals surface area contributed by atoms with Gasteiger partial charge in [0.15, 0.2) is 0 Å². The van der Waals surface area contributed by atoms with Crippen LogP contribution in [0, 0.1) is 12.7 Å². The molecule has 1 aliphatic rings. The normalized spacial score (nSPS) is 18.9. The van der Waals surface area contributed by atoms with E-state index in [1.54, 1.807) is 13.0 Å². The standard InChI is InChI=1S/C15H18FNO3/c1-10-5-6-13(16)12(8-10)15(20)17-7-3-2-4-11(17)9-14(18)19/h5-6,8,11H,2-4,7,9H2,1H3,(H,18,19). The average Bonchev–Trinajstić information content (AvgIpc) is 2.41. The fourth-order valence-corrected chi connectivity index (χ4v) is 2.64. The van der Waals surface area contributed by atoms with Gasteiger partial charge in [0.1, 0.15) is 5.82 Å². The summed E-state index contributed by atoms with van der Waals surface area (Å²) in [5, 5.41) is 8.92. The summed E-state index contributed by atoms with van der Waals surface area (Å²) in [6.45, 7) is 2.28. The highest BCUT2D eigenvalue weighted by Crippen LogP contribution is 2.23. The van der Waals surface area contributed by atoms with Gasteiger partial charge in [-0.05, 0) is 38.3 Å². The lowest BCUT2D eigenvalue weighted by molar-refractivity contribution is -0.138. The lowest BCUT2D eigenvalue weighted by atomic mass is 9.98. The molecule has 1 aliphatic heterocycles. The number of benzene rings is 1. The number of hydrogen-bond acceptors (Lipinski definition) is 2. The van der Waals surface area contributed by atoms with Crippen molar-refractivity contribution in [3.63, 3.8) is 0 Å². The number of aliphatic carboxylic acids is 1. The quantitative estimate of drug-likeness (QED) is 0.925. The van der Waals surface area contributed by atoms with Crippen molar-refractivity contribution in [1.29, 1.82) is 0 Å². The molecule has 0 aromatic heterocycles. The number of carboxylic acid groups (broad SMARTS) is 1. The fourth-order valence-electron chi connectivity index (χ4n) is 2.64. The van der Waals surface area contributed by atoms with Crippen LogP contribution < -0.4 is 0 Å². The first-order chi connectivity index (χ1) is 9.49. The van der Waals surface area contributed by atoms with E-state index in [9.17, 15) is 14.0 Å². The highest BCUT2D eigenvalue weighted by Gasteiger charge is 2.30. The minimum atomic E-state index is -0.931. The molecule has 108 valence electrons. The lowest BCUT2D eigenvalue weighted by Crippen LogP contribution is -2.45. The van der Waals surface area contributed by atoms with Gasteiger partial charge in [0.05, 0.1) is 12.0 Å². The number of likely N-dealkylation sites (tertiary alicyclic amines) is 1. The van der Waals surface area contributed by atoms with E-state index in [1.807, 2.05) is 0 Å². The molecule has 1 heterocycles. The number of rotatable bonds is 3. The summed E-state index contributed by atoms with van der Waals surface area (Å²) < 4.78 is 13.8. The second-order valence-electron chi connectivity index (χ2n) is 5.23. The molecule has 0 radical (unpaired) electrons. The summed E-state index contributed by atoms with van der Waals surface area (Å²) in [5.74, 6) is -1.89. The number of piperidine rings is 1. The lowest BCUT2D eigenvalue weighted by Gasteiger charge is -2.35. The zero-order chi connectivity index (χ0) is 14.7. The van der Waals surface area contributed by atoms with Crippen molar-refractivity contribution in [1.82, 2.24) is 4.90 Å². The summed E-state index contributed by atoms with van der Waals surface area (Å²) in [6, 6.07) is 4.06. The van der Waals surface area contributed by atoms with Crippen molar-refractivity contribution in [2.24, 2.45) is 0 Å². The van der Waals surface area contributed by atoms with Gasteiger partial charge in [0.2, 0.25) is 0 Å². The molecule has 1 unspecified atom stereocenters. The molecule has 0 spiro atoms. The van der Waals surface area contributed by atoms with Gasteiger partial charge in [0, 0.05) is 12.6 Å². The van der Waals surface area contributed by atoms with E-state index in [-0.39, 0.29) is 18.0 Å². The molecule has 1 fully saturated rings. The predicted molar refractivity (Wildman–Crippen MR) is 72.1 cm³/mol. The maximum absolute atomic E-state index is 13.8. The van der Waals surface area contributed by atoms with Gasteiger partial charge in [-0.2, -0.15) is 0 Å². The summed E-state index contributed by atoms with van der Waals surface area (Å²) in [4.78, 5) is 24.8. The molecule has 20 heavy (non-hydrogen) atoms. The molecule has 1 atom stereocenters. The first kappa shape index (κ1) is 14.5. The van der Waals surface area contributed by atoms with E-state index < -0.39 is 17.7 Å². The Morgan fingerprint density at radius 3 is 2.85 bits per heavy atom. The van der Waals surface area contributed by atoms with Crippen molar-refractivity contribution in [2.45, 2.75) is 38.6 Å². The molecule has 0 saturated carbocycles. The predicted octanol–water partition coefficient (Wildman–Crippen LogP) is 2.60. The number of nitrogens with zero attached hydrogens (tertiary/aromatic N) is 1. The average molecular weight is 279 g/mol. The number of carboxylic acids is 1. The fraction of sp³-hybridized carbons (Fsp3) is 0.467.